The third-order valence-electron chi connectivity index (χ3n) is 3.68. The summed E-state index contributed by atoms with van der Waals surface area (Å²) in [7, 11) is 0. The molecule has 0 saturated carbocycles. The molecule has 19 heavy (non-hydrogen) atoms. The van der Waals surface area contributed by atoms with Gasteiger partial charge in [-0.15, -0.1) is 0 Å². The third-order valence-corrected chi connectivity index (χ3v) is 3.68. The number of nitrogens with one attached hydrogen (secondary N) is 1. The van der Waals surface area contributed by atoms with Gasteiger partial charge in [0.25, 0.3) is 0 Å². The van der Waals surface area contributed by atoms with E-state index in [1.165, 1.54) is 5.56 Å². The van der Waals surface area contributed by atoms with Gasteiger partial charge in [0.05, 0.1) is 0 Å². The first-order valence-electron chi connectivity index (χ1n) is 7.15. The van der Waals surface area contributed by atoms with Crippen LogP contribution in [0.4, 0.5) is 0 Å². The number of nitrogens with two attached hydrogens (primary N) is 1. The zero-order valence-electron chi connectivity index (χ0n) is 12.3. The normalized spacial score (nSPS) is 13.9. The number of amides is 1. The Bertz CT molecular complexity index is 386. The zero-order valence-corrected chi connectivity index (χ0v) is 12.3. The second kappa shape index (κ2) is 7.95. The monoisotopic (exact) mass is 262 g/mol. The molecular formula is C16H26N2O. The summed E-state index contributed by atoms with van der Waals surface area (Å²) in [5, 5.41) is 2.95. The molecule has 1 amide bonds. The second-order valence-electron chi connectivity index (χ2n) is 5.25. The van der Waals surface area contributed by atoms with Gasteiger partial charge < -0.3 is 11.1 Å². The van der Waals surface area contributed by atoms with Crippen molar-refractivity contribution in [3.05, 3.63) is 35.4 Å². The van der Waals surface area contributed by atoms with E-state index in [0.717, 1.165) is 18.4 Å². The van der Waals surface area contributed by atoms with E-state index in [9.17, 15) is 4.79 Å². The van der Waals surface area contributed by atoms with Gasteiger partial charge in [0.1, 0.15) is 0 Å². The molecule has 0 fully saturated rings. The van der Waals surface area contributed by atoms with E-state index in [0.29, 0.717) is 19.0 Å². The highest BCUT2D eigenvalue weighted by atomic mass is 16.1. The van der Waals surface area contributed by atoms with Gasteiger partial charge in [-0.1, -0.05) is 45.0 Å². The van der Waals surface area contributed by atoms with Crippen molar-refractivity contribution in [1.29, 1.82) is 0 Å². The fourth-order valence-electron chi connectivity index (χ4n) is 1.94. The van der Waals surface area contributed by atoms with Crippen molar-refractivity contribution in [2.24, 2.45) is 11.7 Å². The second-order valence-corrected chi connectivity index (χ2v) is 5.25. The lowest BCUT2D eigenvalue weighted by Gasteiger charge is -2.12. The van der Waals surface area contributed by atoms with Gasteiger partial charge in [-0.2, -0.15) is 0 Å². The highest BCUT2D eigenvalue weighted by Crippen LogP contribution is 2.18. The average Bonchev–Trinajstić information content (AvgIpc) is 2.44. The van der Waals surface area contributed by atoms with Crippen LogP contribution >= 0.6 is 0 Å². The summed E-state index contributed by atoms with van der Waals surface area (Å²) in [6, 6.07) is 8.49. The van der Waals surface area contributed by atoms with Crippen molar-refractivity contribution in [2.45, 2.75) is 46.1 Å². The average molecular weight is 262 g/mol. The molecule has 0 aromatic heterocycles. The van der Waals surface area contributed by atoms with Crippen LogP contribution in [-0.4, -0.2) is 12.5 Å². The molecular weight excluding hydrogens is 236 g/mol. The number of carbonyl (C=O) groups is 1. The molecule has 106 valence electrons. The fraction of sp³-hybridized carbons (Fsp3) is 0.562. The first-order chi connectivity index (χ1) is 9.08. The predicted molar refractivity (Wildman–Crippen MR) is 79.8 cm³/mol. The van der Waals surface area contributed by atoms with Crippen molar-refractivity contribution in [3.63, 3.8) is 0 Å². The summed E-state index contributed by atoms with van der Waals surface area (Å²) in [5.41, 5.74) is 7.95. The van der Waals surface area contributed by atoms with Gasteiger partial charge in [0, 0.05) is 12.5 Å². The molecule has 3 N–H and O–H groups in total. The van der Waals surface area contributed by atoms with E-state index in [4.69, 9.17) is 5.73 Å². The molecule has 3 heteroatoms. The summed E-state index contributed by atoms with van der Waals surface area (Å²) in [4.78, 5) is 11.8. The Labute approximate surface area is 116 Å². The molecule has 0 heterocycles. The van der Waals surface area contributed by atoms with E-state index in [-0.39, 0.29) is 11.8 Å². The Morgan fingerprint density at radius 3 is 2.42 bits per heavy atom. The highest BCUT2D eigenvalue weighted by Gasteiger charge is 2.11. The minimum absolute atomic E-state index is 0.00983. The van der Waals surface area contributed by atoms with Crippen molar-refractivity contribution < 1.29 is 4.79 Å². The number of carbonyl (C=O) groups excluding carboxylic acids is 1. The number of hydrogen-bond donors (Lipinski definition) is 2. The fourth-order valence-corrected chi connectivity index (χ4v) is 1.94. The summed E-state index contributed by atoms with van der Waals surface area (Å²) in [5.74, 6) is 0.661. The van der Waals surface area contributed by atoms with Crippen molar-refractivity contribution in [1.82, 2.24) is 5.32 Å². The molecule has 1 rings (SSSR count). The molecule has 0 aliphatic rings. The zero-order chi connectivity index (χ0) is 14.3. The predicted octanol–water partition coefficient (Wildman–Crippen LogP) is 2.80. The number of rotatable bonds is 7. The van der Waals surface area contributed by atoms with Crippen molar-refractivity contribution in [3.8, 4) is 0 Å². The van der Waals surface area contributed by atoms with Gasteiger partial charge in [-0.3, -0.25) is 4.79 Å². The van der Waals surface area contributed by atoms with E-state index in [2.05, 4.69) is 43.4 Å². The van der Waals surface area contributed by atoms with Gasteiger partial charge in [0.15, 0.2) is 0 Å². The van der Waals surface area contributed by atoms with Crippen molar-refractivity contribution in [2.75, 3.05) is 6.54 Å². The minimum atomic E-state index is -0.00983. The van der Waals surface area contributed by atoms with Crippen LogP contribution in [-0.2, 0) is 11.3 Å². The van der Waals surface area contributed by atoms with Gasteiger partial charge in [-0.05, 0) is 36.4 Å². The SMILES string of the molecule is CCC(C)c1ccc(CNC(=O)C(C)CCN)cc1. The molecule has 3 nitrogen and oxygen atoms in total. The smallest absolute Gasteiger partial charge is 0.223 e. The van der Waals surface area contributed by atoms with Gasteiger partial charge in [-0.25, -0.2) is 0 Å². The van der Waals surface area contributed by atoms with E-state index < -0.39 is 0 Å². The van der Waals surface area contributed by atoms with Crippen LogP contribution in [0, 0.1) is 5.92 Å². The largest absolute Gasteiger partial charge is 0.352 e. The lowest BCUT2D eigenvalue weighted by atomic mass is 9.97. The maximum absolute atomic E-state index is 11.8. The lowest BCUT2D eigenvalue weighted by Crippen LogP contribution is -2.29. The summed E-state index contributed by atoms with van der Waals surface area (Å²) in [6.07, 6.45) is 1.88. The van der Waals surface area contributed by atoms with E-state index in [1.807, 2.05) is 6.92 Å². The molecule has 0 aliphatic carbocycles. The van der Waals surface area contributed by atoms with Crippen LogP contribution in [0.1, 0.15) is 50.7 Å². The summed E-state index contributed by atoms with van der Waals surface area (Å²) >= 11 is 0. The third kappa shape index (κ3) is 5.03. The molecule has 1 aromatic rings. The maximum Gasteiger partial charge on any atom is 0.223 e. The Hall–Kier alpha value is -1.35. The first-order valence-corrected chi connectivity index (χ1v) is 7.15. The Kier molecular flexibility index (Phi) is 6.57. The molecule has 2 unspecified atom stereocenters. The summed E-state index contributed by atoms with van der Waals surface area (Å²) < 4.78 is 0. The van der Waals surface area contributed by atoms with Crippen LogP contribution in [0.15, 0.2) is 24.3 Å². The van der Waals surface area contributed by atoms with Crippen LogP contribution in [0.2, 0.25) is 0 Å². The maximum atomic E-state index is 11.8. The Morgan fingerprint density at radius 1 is 1.26 bits per heavy atom. The Balaban J connectivity index is 2.48. The number of hydrogen-bond acceptors (Lipinski definition) is 2. The molecule has 0 radical (unpaired) electrons. The highest BCUT2D eigenvalue weighted by molar-refractivity contribution is 5.78. The van der Waals surface area contributed by atoms with E-state index >= 15 is 0 Å². The quantitative estimate of drug-likeness (QED) is 0.794. The minimum Gasteiger partial charge on any atom is -0.352 e. The molecule has 1 aromatic carbocycles. The molecule has 0 bridgehead atoms. The topological polar surface area (TPSA) is 55.1 Å². The standard InChI is InChI=1S/C16H26N2O/c1-4-12(2)15-7-5-14(6-8-15)11-18-16(19)13(3)9-10-17/h5-8,12-13H,4,9-11,17H2,1-3H3,(H,18,19). The first kappa shape index (κ1) is 15.7. The molecule has 0 spiro atoms. The van der Waals surface area contributed by atoms with Crippen molar-refractivity contribution >= 4 is 5.91 Å². The van der Waals surface area contributed by atoms with Crippen LogP contribution in [0.25, 0.3) is 0 Å². The lowest BCUT2D eigenvalue weighted by molar-refractivity contribution is -0.124. The summed E-state index contributed by atoms with van der Waals surface area (Å²) in [6.45, 7) is 7.48. The Morgan fingerprint density at radius 2 is 1.89 bits per heavy atom. The molecule has 0 aliphatic heterocycles. The molecule has 2 atom stereocenters. The van der Waals surface area contributed by atoms with Gasteiger partial charge >= 0.3 is 0 Å². The van der Waals surface area contributed by atoms with Crippen LogP contribution in [0.5, 0.6) is 0 Å². The number of benzene rings is 1. The van der Waals surface area contributed by atoms with E-state index in [1.54, 1.807) is 0 Å². The van der Waals surface area contributed by atoms with Crippen LogP contribution in [0.3, 0.4) is 0 Å². The van der Waals surface area contributed by atoms with Gasteiger partial charge in [0.2, 0.25) is 5.91 Å². The molecule has 0 saturated heterocycles. The van der Waals surface area contributed by atoms with Crippen LogP contribution < -0.4 is 11.1 Å².